The summed E-state index contributed by atoms with van der Waals surface area (Å²) in [6.45, 7) is 0. The van der Waals surface area contributed by atoms with Gasteiger partial charge >= 0.3 is 0 Å². The molecule has 0 aromatic carbocycles. The summed E-state index contributed by atoms with van der Waals surface area (Å²) in [7, 11) is 0. The van der Waals surface area contributed by atoms with Crippen LogP contribution in [0.2, 0.25) is 0 Å². The Morgan fingerprint density at radius 3 is 3.00 bits per heavy atom. The van der Waals surface area contributed by atoms with Gasteiger partial charge in [0.25, 0.3) is 0 Å². The molecule has 0 heteroatoms. The van der Waals surface area contributed by atoms with Gasteiger partial charge in [-0.2, -0.15) is 0 Å². The van der Waals surface area contributed by atoms with Gasteiger partial charge in [-0.05, 0) is 30.9 Å². The first kappa shape index (κ1) is 3.51. The minimum Gasteiger partial charge on any atom is -0.125 e. The van der Waals surface area contributed by atoms with Crippen LogP contribution < -0.4 is 0 Å². The molecule has 0 aromatic rings. The second-order valence-corrected chi connectivity index (χ2v) is 2.33. The second kappa shape index (κ2) is 1.02. The van der Waals surface area contributed by atoms with Crippen LogP contribution in [0.15, 0.2) is 17.4 Å². The van der Waals surface area contributed by atoms with Crippen LogP contribution in [0.1, 0.15) is 19.3 Å². The van der Waals surface area contributed by atoms with Crippen molar-refractivity contribution in [1.82, 2.24) is 0 Å². The number of allylic oxidation sites excluding steroid dienone is 1. The van der Waals surface area contributed by atoms with E-state index in [1.807, 2.05) is 0 Å². The number of rotatable bonds is 0. The molecule has 0 amide bonds. The molecule has 1 atom stereocenters. The largest absolute Gasteiger partial charge is 0.125 e. The highest BCUT2D eigenvalue weighted by Crippen LogP contribution is 2.35. The van der Waals surface area contributed by atoms with E-state index in [1.165, 1.54) is 19.3 Å². The van der Waals surface area contributed by atoms with E-state index in [2.05, 4.69) is 11.8 Å². The van der Waals surface area contributed by atoms with Gasteiger partial charge < -0.3 is 0 Å². The summed E-state index contributed by atoms with van der Waals surface area (Å²) in [6.07, 6.45) is 6.34. The second-order valence-electron chi connectivity index (χ2n) is 2.33. The summed E-state index contributed by atoms with van der Waals surface area (Å²) in [5.74, 6) is 0.875. The molecule has 2 rings (SSSR count). The van der Waals surface area contributed by atoms with Crippen molar-refractivity contribution >= 4 is 0 Å². The zero-order valence-corrected chi connectivity index (χ0v) is 4.28. The monoisotopic (exact) mass is 92.1 g/mol. The summed E-state index contributed by atoms with van der Waals surface area (Å²) < 4.78 is 0. The summed E-state index contributed by atoms with van der Waals surface area (Å²) >= 11 is 0. The van der Waals surface area contributed by atoms with Crippen LogP contribution in [0.25, 0.3) is 0 Å². The van der Waals surface area contributed by atoms with Crippen LogP contribution in [0, 0.1) is 5.92 Å². The molecular formula is C7H8. The first-order chi connectivity index (χ1) is 3.47. The Morgan fingerprint density at radius 2 is 2.71 bits per heavy atom. The van der Waals surface area contributed by atoms with Gasteiger partial charge in [-0.1, -0.05) is 0 Å². The van der Waals surface area contributed by atoms with Gasteiger partial charge in [0.15, 0.2) is 0 Å². The Hall–Kier alpha value is -0.480. The fraction of sp³-hybridized carbons (Fsp3) is 0.571. The van der Waals surface area contributed by atoms with E-state index >= 15 is 0 Å². The number of fused-ring (bicyclic) bond motifs is 1. The Bertz CT molecular complexity index is 147. The van der Waals surface area contributed by atoms with Gasteiger partial charge in [0.05, 0.1) is 0 Å². The fourth-order valence-electron chi connectivity index (χ4n) is 1.35. The Kier molecular flexibility index (Phi) is 0.511. The van der Waals surface area contributed by atoms with Crippen molar-refractivity contribution in [2.24, 2.45) is 5.92 Å². The molecule has 0 radical (unpaired) electrons. The Morgan fingerprint density at radius 1 is 1.71 bits per heavy atom. The first-order valence-electron chi connectivity index (χ1n) is 2.92. The molecule has 36 valence electrons. The molecule has 0 N–H and O–H groups in total. The van der Waals surface area contributed by atoms with Gasteiger partial charge in [-0.15, -0.1) is 5.73 Å². The number of hydrogen-bond acceptors (Lipinski definition) is 0. The molecule has 0 spiro atoms. The lowest BCUT2D eigenvalue weighted by atomic mass is 9.96. The molecule has 0 saturated heterocycles. The molecule has 0 nitrogen and oxygen atoms in total. The zero-order valence-electron chi connectivity index (χ0n) is 4.28. The average molecular weight is 92.1 g/mol. The van der Waals surface area contributed by atoms with Crippen LogP contribution in [-0.4, -0.2) is 0 Å². The van der Waals surface area contributed by atoms with Gasteiger partial charge in [0.1, 0.15) is 0 Å². The van der Waals surface area contributed by atoms with E-state index in [0.29, 0.717) is 0 Å². The third-order valence-corrected chi connectivity index (χ3v) is 1.88. The van der Waals surface area contributed by atoms with Gasteiger partial charge in [0.2, 0.25) is 0 Å². The molecule has 0 aromatic heterocycles. The lowest BCUT2D eigenvalue weighted by molar-refractivity contribution is 0.749. The first-order valence-corrected chi connectivity index (χ1v) is 2.92. The van der Waals surface area contributed by atoms with E-state index in [-0.39, 0.29) is 0 Å². The van der Waals surface area contributed by atoms with Crippen molar-refractivity contribution in [3.63, 3.8) is 0 Å². The van der Waals surface area contributed by atoms with Crippen LogP contribution in [0.3, 0.4) is 0 Å². The molecule has 2 aliphatic rings. The van der Waals surface area contributed by atoms with E-state index in [0.717, 1.165) is 5.92 Å². The van der Waals surface area contributed by atoms with E-state index in [9.17, 15) is 0 Å². The summed E-state index contributed by atoms with van der Waals surface area (Å²) in [6, 6.07) is 0. The minimum absolute atomic E-state index is 0.875. The fourth-order valence-corrected chi connectivity index (χ4v) is 1.35. The molecule has 1 unspecified atom stereocenters. The average Bonchev–Trinajstić information content (AvgIpc) is 1.85. The van der Waals surface area contributed by atoms with Gasteiger partial charge in [0, 0.05) is 5.92 Å². The van der Waals surface area contributed by atoms with Crippen LogP contribution in [0.4, 0.5) is 0 Å². The standard InChI is InChI=1S/C7H8/c1-2-6-4-5-7(6)3-1/h4,6H,1-3H2. The maximum Gasteiger partial charge on any atom is 0.0129 e. The van der Waals surface area contributed by atoms with E-state index in [4.69, 9.17) is 0 Å². The molecule has 0 bridgehead atoms. The predicted molar refractivity (Wildman–Crippen MR) is 28.9 cm³/mol. The summed E-state index contributed by atoms with van der Waals surface area (Å²) in [5.41, 5.74) is 4.78. The summed E-state index contributed by atoms with van der Waals surface area (Å²) in [4.78, 5) is 0. The lowest BCUT2D eigenvalue weighted by Gasteiger charge is -2.07. The highest BCUT2D eigenvalue weighted by molar-refractivity contribution is 5.25. The third kappa shape index (κ3) is 0.324. The maximum absolute atomic E-state index is 3.20. The molecule has 1 fully saturated rings. The molecule has 2 aliphatic carbocycles. The van der Waals surface area contributed by atoms with Crippen molar-refractivity contribution in [1.29, 1.82) is 0 Å². The quantitative estimate of drug-likeness (QED) is 0.400. The number of hydrogen-bond donors (Lipinski definition) is 0. The predicted octanol–water partition coefficient (Wildman–Crippen LogP) is 1.88. The van der Waals surface area contributed by atoms with Crippen molar-refractivity contribution < 1.29 is 0 Å². The van der Waals surface area contributed by atoms with Crippen molar-refractivity contribution in [2.45, 2.75) is 19.3 Å². The Balaban J connectivity index is 2.34. The third-order valence-electron chi connectivity index (χ3n) is 1.88. The van der Waals surface area contributed by atoms with E-state index < -0.39 is 0 Å². The topological polar surface area (TPSA) is 0 Å². The van der Waals surface area contributed by atoms with Gasteiger partial charge in [-0.3, -0.25) is 0 Å². The Labute approximate surface area is 43.5 Å². The highest BCUT2D eigenvalue weighted by atomic mass is 14.2. The van der Waals surface area contributed by atoms with Crippen molar-refractivity contribution in [3.05, 3.63) is 17.4 Å². The zero-order chi connectivity index (χ0) is 4.69. The normalized spacial score (nSPS) is 34.3. The molecule has 0 aliphatic heterocycles. The molecule has 0 heterocycles. The molecule has 1 saturated carbocycles. The van der Waals surface area contributed by atoms with Crippen LogP contribution in [-0.2, 0) is 0 Å². The molecular weight excluding hydrogens is 84.1 g/mol. The van der Waals surface area contributed by atoms with Crippen molar-refractivity contribution in [3.8, 4) is 0 Å². The maximum atomic E-state index is 3.20. The minimum atomic E-state index is 0.875. The van der Waals surface area contributed by atoms with Crippen LogP contribution >= 0.6 is 0 Å². The smallest absolute Gasteiger partial charge is 0.0129 e. The lowest BCUT2D eigenvalue weighted by Crippen LogP contribution is -1.95. The van der Waals surface area contributed by atoms with E-state index in [1.54, 1.807) is 5.57 Å². The SMILES string of the molecule is C1=CC2CCCC=12. The van der Waals surface area contributed by atoms with Gasteiger partial charge in [-0.25, -0.2) is 0 Å². The van der Waals surface area contributed by atoms with Crippen molar-refractivity contribution in [2.75, 3.05) is 0 Å². The van der Waals surface area contributed by atoms with Crippen LogP contribution in [0.5, 0.6) is 0 Å². The highest BCUT2D eigenvalue weighted by Gasteiger charge is 2.21. The molecule has 7 heavy (non-hydrogen) atoms. The summed E-state index contributed by atoms with van der Waals surface area (Å²) in [5, 5.41) is 0.